The molecule has 0 aliphatic rings. The predicted molar refractivity (Wildman–Crippen MR) is 104 cm³/mol. The van der Waals surface area contributed by atoms with Crippen molar-refractivity contribution in [1.29, 1.82) is 0 Å². The fraction of sp³-hybridized carbons (Fsp3) is 0.150. The van der Waals surface area contributed by atoms with Crippen molar-refractivity contribution in [2.75, 3.05) is 18.4 Å². The third-order valence-electron chi connectivity index (χ3n) is 4.00. The molecule has 140 valence electrons. The summed E-state index contributed by atoms with van der Waals surface area (Å²) in [4.78, 5) is 11.8. The highest BCUT2D eigenvalue weighted by atomic mass is 32.2. The lowest BCUT2D eigenvalue weighted by Gasteiger charge is -2.13. The maximum atomic E-state index is 12.9. The second-order valence-corrected chi connectivity index (χ2v) is 7.37. The van der Waals surface area contributed by atoms with E-state index in [4.69, 9.17) is 9.47 Å². The van der Waals surface area contributed by atoms with Gasteiger partial charge in [0.1, 0.15) is 5.75 Å². The van der Waals surface area contributed by atoms with Gasteiger partial charge in [0.2, 0.25) is 0 Å². The van der Waals surface area contributed by atoms with Gasteiger partial charge in [-0.15, -0.1) is 0 Å². The molecule has 0 saturated carbocycles. The molecule has 0 aromatic heterocycles. The Morgan fingerprint density at radius 2 is 1.63 bits per heavy atom. The van der Waals surface area contributed by atoms with E-state index in [0.29, 0.717) is 27.8 Å². The first kappa shape index (κ1) is 18.7. The van der Waals surface area contributed by atoms with Crippen LogP contribution in [0.15, 0.2) is 65.6 Å². The van der Waals surface area contributed by atoms with E-state index in [1.54, 1.807) is 38.3 Å². The van der Waals surface area contributed by atoms with Gasteiger partial charge in [0, 0.05) is 16.5 Å². The van der Waals surface area contributed by atoms with Crippen LogP contribution in [-0.2, 0) is 14.8 Å². The highest BCUT2D eigenvalue weighted by Crippen LogP contribution is 2.31. The smallest absolute Gasteiger partial charge is 0.338 e. The summed E-state index contributed by atoms with van der Waals surface area (Å²) in [5.41, 5.74) is 0.706. The molecule has 6 nitrogen and oxygen atoms in total. The van der Waals surface area contributed by atoms with E-state index in [0.717, 1.165) is 0 Å². The summed E-state index contributed by atoms with van der Waals surface area (Å²) in [7, 11) is -2.29. The number of esters is 1. The SMILES string of the molecule is CCOC(=O)c1ccc(NS(=O)(=O)c2ccc(OC)c3ccccc23)cc1. The monoisotopic (exact) mass is 385 g/mol. The first-order chi connectivity index (χ1) is 13.0. The van der Waals surface area contributed by atoms with Crippen molar-refractivity contribution in [3.8, 4) is 5.75 Å². The van der Waals surface area contributed by atoms with Crippen LogP contribution in [0.25, 0.3) is 10.8 Å². The number of rotatable bonds is 6. The fourth-order valence-corrected chi connectivity index (χ4v) is 4.03. The Hall–Kier alpha value is -3.06. The number of ether oxygens (including phenoxy) is 2. The van der Waals surface area contributed by atoms with Crippen LogP contribution in [0.4, 0.5) is 5.69 Å². The van der Waals surface area contributed by atoms with Crippen molar-refractivity contribution >= 4 is 32.5 Å². The van der Waals surface area contributed by atoms with Crippen molar-refractivity contribution < 1.29 is 22.7 Å². The normalized spacial score (nSPS) is 11.2. The maximum Gasteiger partial charge on any atom is 0.338 e. The van der Waals surface area contributed by atoms with Crippen molar-refractivity contribution in [3.05, 3.63) is 66.2 Å². The van der Waals surface area contributed by atoms with Crippen LogP contribution in [0, 0.1) is 0 Å². The van der Waals surface area contributed by atoms with E-state index in [9.17, 15) is 13.2 Å². The molecule has 3 rings (SSSR count). The van der Waals surface area contributed by atoms with Gasteiger partial charge in [-0.2, -0.15) is 0 Å². The maximum absolute atomic E-state index is 12.9. The lowest BCUT2D eigenvalue weighted by Crippen LogP contribution is -2.14. The molecule has 0 fully saturated rings. The van der Waals surface area contributed by atoms with Crippen molar-refractivity contribution in [2.24, 2.45) is 0 Å². The van der Waals surface area contributed by atoms with Crippen LogP contribution in [0.1, 0.15) is 17.3 Å². The van der Waals surface area contributed by atoms with E-state index in [1.807, 2.05) is 6.07 Å². The summed E-state index contributed by atoms with van der Waals surface area (Å²) in [5, 5.41) is 1.27. The van der Waals surface area contributed by atoms with Crippen molar-refractivity contribution in [3.63, 3.8) is 0 Å². The molecule has 7 heteroatoms. The van der Waals surface area contributed by atoms with E-state index < -0.39 is 16.0 Å². The van der Waals surface area contributed by atoms with E-state index >= 15 is 0 Å². The molecular formula is C20H19NO5S. The number of hydrogen-bond acceptors (Lipinski definition) is 5. The molecule has 0 atom stereocenters. The summed E-state index contributed by atoms with van der Waals surface area (Å²) in [6.45, 7) is 2.00. The van der Waals surface area contributed by atoms with Crippen LogP contribution in [0.3, 0.4) is 0 Å². The van der Waals surface area contributed by atoms with Crippen LogP contribution < -0.4 is 9.46 Å². The fourth-order valence-electron chi connectivity index (χ4n) is 2.76. The second-order valence-electron chi connectivity index (χ2n) is 5.71. The zero-order valence-corrected chi connectivity index (χ0v) is 15.7. The van der Waals surface area contributed by atoms with Crippen LogP contribution in [-0.4, -0.2) is 28.1 Å². The molecule has 27 heavy (non-hydrogen) atoms. The molecule has 0 aliphatic carbocycles. The standard InChI is InChI=1S/C20H19NO5S/c1-3-26-20(22)14-8-10-15(11-9-14)21-27(23,24)19-13-12-18(25-2)16-6-4-5-7-17(16)19/h4-13,21H,3H2,1-2H3. The Kier molecular flexibility index (Phi) is 5.32. The number of carbonyl (C=O) groups is 1. The van der Waals surface area contributed by atoms with Gasteiger partial charge in [-0.25, -0.2) is 13.2 Å². The zero-order chi connectivity index (χ0) is 19.4. The molecule has 0 unspecified atom stereocenters. The second kappa shape index (κ2) is 7.67. The van der Waals surface area contributed by atoms with E-state index in [2.05, 4.69) is 4.72 Å². The first-order valence-electron chi connectivity index (χ1n) is 8.32. The lowest BCUT2D eigenvalue weighted by atomic mass is 10.1. The number of nitrogens with one attached hydrogen (secondary N) is 1. The van der Waals surface area contributed by atoms with Gasteiger partial charge in [0.05, 0.1) is 24.2 Å². The van der Waals surface area contributed by atoms with Gasteiger partial charge in [-0.1, -0.05) is 24.3 Å². The van der Waals surface area contributed by atoms with Crippen LogP contribution >= 0.6 is 0 Å². The lowest BCUT2D eigenvalue weighted by molar-refractivity contribution is 0.0526. The largest absolute Gasteiger partial charge is 0.496 e. The van der Waals surface area contributed by atoms with E-state index in [1.165, 1.54) is 30.3 Å². The Balaban J connectivity index is 1.94. The van der Waals surface area contributed by atoms with Crippen molar-refractivity contribution in [2.45, 2.75) is 11.8 Å². The van der Waals surface area contributed by atoms with Gasteiger partial charge in [-0.05, 0) is 43.3 Å². The molecule has 0 amide bonds. The Morgan fingerprint density at radius 1 is 0.963 bits per heavy atom. The number of sulfonamides is 1. The Labute approximate surface area is 157 Å². The highest BCUT2D eigenvalue weighted by molar-refractivity contribution is 7.93. The molecule has 0 radical (unpaired) electrons. The molecule has 1 N–H and O–H groups in total. The first-order valence-corrected chi connectivity index (χ1v) is 9.80. The van der Waals surface area contributed by atoms with Gasteiger partial charge in [-0.3, -0.25) is 4.72 Å². The Morgan fingerprint density at radius 3 is 2.26 bits per heavy atom. The number of benzene rings is 3. The number of anilines is 1. The summed E-state index contributed by atoms with van der Waals surface area (Å²) in [6.07, 6.45) is 0. The highest BCUT2D eigenvalue weighted by Gasteiger charge is 2.19. The molecule has 0 saturated heterocycles. The van der Waals surface area contributed by atoms with Crippen LogP contribution in [0.2, 0.25) is 0 Å². The topological polar surface area (TPSA) is 81.7 Å². The molecule has 0 heterocycles. The molecule has 0 aliphatic heterocycles. The third-order valence-corrected chi connectivity index (χ3v) is 5.44. The van der Waals surface area contributed by atoms with Gasteiger partial charge >= 0.3 is 5.97 Å². The number of hydrogen-bond donors (Lipinski definition) is 1. The quantitative estimate of drug-likeness (QED) is 0.652. The van der Waals surface area contributed by atoms with Crippen molar-refractivity contribution in [1.82, 2.24) is 0 Å². The van der Waals surface area contributed by atoms with Gasteiger partial charge in [0.15, 0.2) is 0 Å². The summed E-state index contributed by atoms with van der Waals surface area (Å²) >= 11 is 0. The molecule has 3 aromatic rings. The average molecular weight is 385 g/mol. The Bertz CT molecular complexity index is 1080. The molecule has 0 bridgehead atoms. The van der Waals surface area contributed by atoms with E-state index in [-0.39, 0.29) is 11.5 Å². The van der Waals surface area contributed by atoms with Gasteiger partial charge in [0.25, 0.3) is 10.0 Å². The molecule has 3 aromatic carbocycles. The summed E-state index contributed by atoms with van der Waals surface area (Å²) in [6, 6.07) is 16.3. The number of methoxy groups -OCH3 is 1. The predicted octanol–water partition coefficient (Wildman–Crippen LogP) is 3.83. The third kappa shape index (κ3) is 3.88. The molecular weight excluding hydrogens is 366 g/mol. The summed E-state index contributed by atoms with van der Waals surface area (Å²) < 4.78 is 38.6. The van der Waals surface area contributed by atoms with Gasteiger partial charge < -0.3 is 9.47 Å². The molecule has 0 spiro atoms. The minimum atomic E-state index is -3.83. The zero-order valence-electron chi connectivity index (χ0n) is 14.9. The average Bonchev–Trinajstić information content (AvgIpc) is 2.67. The van der Waals surface area contributed by atoms with Crippen LogP contribution in [0.5, 0.6) is 5.75 Å². The minimum absolute atomic E-state index is 0.147. The minimum Gasteiger partial charge on any atom is -0.496 e. The summed E-state index contributed by atoms with van der Waals surface area (Å²) in [5.74, 6) is 0.149. The number of fused-ring (bicyclic) bond motifs is 1. The number of carbonyl (C=O) groups excluding carboxylic acids is 1.